The second kappa shape index (κ2) is 27.0. The lowest BCUT2D eigenvalue weighted by Gasteiger charge is -2.24. The standard InChI is InChI=1S/C31H63NO2/c1-4-6-8-10-12-14-16-17-18-19-21-23-25-27-31(34)32(29-30(3)33)28-26-24-22-20-15-13-11-9-7-5-2/h30,33H,4-29H2,1-3H3. The van der Waals surface area contributed by atoms with Crippen LogP contribution in [0.4, 0.5) is 0 Å². The number of rotatable bonds is 27. The van der Waals surface area contributed by atoms with E-state index < -0.39 is 6.10 Å². The fraction of sp³-hybridized carbons (Fsp3) is 0.968. The minimum Gasteiger partial charge on any atom is -0.392 e. The molecule has 204 valence electrons. The van der Waals surface area contributed by atoms with Crippen molar-refractivity contribution in [1.29, 1.82) is 0 Å². The summed E-state index contributed by atoms with van der Waals surface area (Å²) in [6.45, 7) is 7.66. The highest BCUT2D eigenvalue weighted by atomic mass is 16.3. The molecule has 0 saturated carbocycles. The number of nitrogens with zero attached hydrogens (tertiary/aromatic N) is 1. The summed E-state index contributed by atoms with van der Waals surface area (Å²) in [6, 6.07) is 0. The maximum absolute atomic E-state index is 12.7. The zero-order valence-corrected chi connectivity index (χ0v) is 23.8. The minimum atomic E-state index is -0.432. The Morgan fingerprint density at radius 2 is 0.882 bits per heavy atom. The summed E-state index contributed by atoms with van der Waals surface area (Å²) >= 11 is 0. The van der Waals surface area contributed by atoms with Gasteiger partial charge in [-0.15, -0.1) is 0 Å². The highest BCUT2D eigenvalue weighted by Gasteiger charge is 2.14. The highest BCUT2D eigenvalue weighted by molar-refractivity contribution is 5.76. The Morgan fingerprint density at radius 1 is 0.559 bits per heavy atom. The van der Waals surface area contributed by atoms with Crippen LogP contribution in [-0.4, -0.2) is 35.1 Å². The van der Waals surface area contributed by atoms with Crippen LogP contribution >= 0.6 is 0 Å². The van der Waals surface area contributed by atoms with E-state index in [-0.39, 0.29) is 5.91 Å². The second-order valence-corrected chi connectivity index (χ2v) is 10.9. The van der Waals surface area contributed by atoms with Crippen molar-refractivity contribution < 1.29 is 9.90 Å². The first kappa shape index (κ1) is 33.4. The third-order valence-corrected chi connectivity index (χ3v) is 7.11. The smallest absolute Gasteiger partial charge is 0.222 e. The summed E-state index contributed by atoms with van der Waals surface area (Å²) in [5.74, 6) is 0.250. The summed E-state index contributed by atoms with van der Waals surface area (Å²) in [5.41, 5.74) is 0. The van der Waals surface area contributed by atoms with Crippen LogP contribution in [-0.2, 0) is 4.79 Å². The van der Waals surface area contributed by atoms with E-state index in [0.717, 1.165) is 19.4 Å². The van der Waals surface area contributed by atoms with E-state index in [1.165, 1.54) is 135 Å². The van der Waals surface area contributed by atoms with Crippen LogP contribution < -0.4 is 0 Å². The molecule has 0 fully saturated rings. The molecule has 3 nitrogen and oxygen atoms in total. The summed E-state index contributed by atoms with van der Waals surface area (Å²) < 4.78 is 0. The Morgan fingerprint density at radius 3 is 1.24 bits per heavy atom. The van der Waals surface area contributed by atoms with Gasteiger partial charge in [0.1, 0.15) is 0 Å². The van der Waals surface area contributed by atoms with E-state index in [4.69, 9.17) is 0 Å². The topological polar surface area (TPSA) is 40.5 Å². The van der Waals surface area contributed by atoms with Gasteiger partial charge in [0.25, 0.3) is 0 Å². The van der Waals surface area contributed by atoms with Gasteiger partial charge < -0.3 is 10.0 Å². The number of carbonyl (C=O) groups is 1. The molecule has 0 rings (SSSR count). The van der Waals surface area contributed by atoms with Crippen LogP contribution in [0, 0.1) is 0 Å². The van der Waals surface area contributed by atoms with Crippen molar-refractivity contribution in [3.63, 3.8) is 0 Å². The molecule has 0 aliphatic rings. The molecule has 0 heterocycles. The summed E-state index contributed by atoms with van der Waals surface area (Å²) in [5, 5.41) is 9.82. The van der Waals surface area contributed by atoms with E-state index in [2.05, 4.69) is 13.8 Å². The lowest BCUT2D eigenvalue weighted by molar-refractivity contribution is -0.132. The van der Waals surface area contributed by atoms with Crippen LogP contribution in [0.1, 0.15) is 175 Å². The average molecular weight is 482 g/mol. The number of hydrogen-bond acceptors (Lipinski definition) is 2. The molecule has 0 aliphatic heterocycles. The molecule has 34 heavy (non-hydrogen) atoms. The number of aliphatic hydroxyl groups excluding tert-OH is 1. The molecule has 1 amide bonds. The van der Waals surface area contributed by atoms with E-state index in [1.807, 2.05) is 4.90 Å². The normalized spacial score (nSPS) is 12.2. The third kappa shape index (κ3) is 24.6. The Labute approximate surface area is 214 Å². The van der Waals surface area contributed by atoms with Gasteiger partial charge in [0.05, 0.1) is 6.10 Å². The van der Waals surface area contributed by atoms with E-state index >= 15 is 0 Å². The second-order valence-electron chi connectivity index (χ2n) is 10.9. The van der Waals surface area contributed by atoms with Crippen LogP contribution in [0.25, 0.3) is 0 Å². The first-order chi connectivity index (χ1) is 16.6. The molecule has 1 N–H and O–H groups in total. The van der Waals surface area contributed by atoms with Crippen molar-refractivity contribution >= 4 is 5.91 Å². The van der Waals surface area contributed by atoms with Crippen LogP contribution in [0.2, 0.25) is 0 Å². The first-order valence-electron chi connectivity index (χ1n) is 15.6. The van der Waals surface area contributed by atoms with Crippen LogP contribution in [0.5, 0.6) is 0 Å². The Hall–Kier alpha value is -0.570. The predicted octanol–water partition coefficient (Wildman–Crippen LogP) is 9.60. The van der Waals surface area contributed by atoms with E-state index in [1.54, 1.807) is 6.92 Å². The Balaban J connectivity index is 3.68. The monoisotopic (exact) mass is 481 g/mol. The van der Waals surface area contributed by atoms with Gasteiger partial charge in [0.2, 0.25) is 5.91 Å². The lowest BCUT2D eigenvalue weighted by atomic mass is 10.0. The van der Waals surface area contributed by atoms with Gasteiger partial charge in [-0.05, 0) is 19.8 Å². The minimum absolute atomic E-state index is 0.250. The maximum Gasteiger partial charge on any atom is 0.222 e. The van der Waals surface area contributed by atoms with Gasteiger partial charge in [-0.2, -0.15) is 0 Å². The van der Waals surface area contributed by atoms with Crippen molar-refractivity contribution in [3.05, 3.63) is 0 Å². The molecule has 0 aromatic heterocycles. The summed E-state index contributed by atoms with van der Waals surface area (Å²) in [6.07, 6.45) is 30.7. The van der Waals surface area contributed by atoms with Crippen LogP contribution in [0.3, 0.4) is 0 Å². The van der Waals surface area contributed by atoms with Crippen molar-refractivity contribution in [2.45, 2.75) is 181 Å². The number of aliphatic hydroxyl groups is 1. The first-order valence-corrected chi connectivity index (χ1v) is 15.6. The number of unbranched alkanes of at least 4 members (excludes halogenated alkanes) is 21. The number of carbonyl (C=O) groups excluding carboxylic acids is 1. The molecule has 3 heteroatoms. The molecule has 0 radical (unpaired) electrons. The number of hydrogen-bond donors (Lipinski definition) is 1. The van der Waals surface area contributed by atoms with Gasteiger partial charge in [0.15, 0.2) is 0 Å². The summed E-state index contributed by atoms with van der Waals surface area (Å²) in [7, 11) is 0. The Kier molecular flexibility index (Phi) is 26.6. The molecule has 1 unspecified atom stereocenters. The third-order valence-electron chi connectivity index (χ3n) is 7.11. The summed E-state index contributed by atoms with van der Waals surface area (Å²) in [4.78, 5) is 14.6. The molecule has 0 spiro atoms. The fourth-order valence-electron chi connectivity index (χ4n) is 4.88. The average Bonchev–Trinajstić information content (AvgIpc) is 2.82. The van der Waals surface area contributed by atoms with Crippen molar-refractivity contribution in [1.82, 2.24) is 4.90 Å². The molecule has 0 aromatic rings. The maximum atomic E-state index is 12.7. The lowest BCUT2D eigenvalue weighted by Crippen LogP contribution is -2.37. The van der Waals surface area contributed by atoms with Crippen molar-refractivity contribution in [2.75, 3.05) is 13.1 Å². The predicted molar refractivity (Wildman–Crippen MR) is 150 cm³/mol. The molecule has 0 saturated heterocycles. The molecule has 0 bridgehead atoms. The SMILES string of the molecule is CCCCCCCCCCCCCCCC(=O)N(CCCCCCCCCCCC)CC(C)O. The van der Waals surface area contributed by atoms with Crippen LogP contribution in [0.15, 0.2) is 0 Å². The highest BCUT2D eigenvalue weighted by Crippen LogP contribution is 2.14. The molecular weight excluding hydrogens is 418 g/mol. The van der Waals surface area contributed by atoms with E-state index in [9.17, 15) is 9.90 Å². The van der Waals surface area contributed by atoms with Crippen molar-refractivity contribution in [2.24, 2.45) is 0 Å². The fourth-order valence-corrected chi connectivity index (χ4v) is 4.88. The number of amides is 1. The quantitative estimate of drug-likeness (QED) is 0.119. The zero-order chi connectivity index (χ0) is 25.1. The van der Waals surface area contributed by atoms with Gasteiger partial charge in [0, 0.05) is 19.5 Å². The van der Waals surface area contributed by atoms with Crippen molar-refractivity contribution in [3.8, 4) is 0 Å². The molecular formula is C31H63NO2. The Bertz CT molecular complexity index is 410. The van der Waals surface area contributed by atoms with Gasteiger partial charge in [-0.25, -0.2) is 0 Å². The zero-order valence-electron chi connectivity index (χ0n) is 23.8. The molecule has 0 aromatic carbocycles. The van der Waals surface area contributed by atoms with E-state index in [0.29, 0.717) is 13.0 Å². The van der Waals surface area contributed by atoms with Gasteiger partial charge >= 0.3 is 0 Å². The van der Waals surface area contributed by atoms with Gasteiger partial charge in [-0.1, -0.05) is 149 Å². The molecule has 1 atom stereocenters. The molecule has 0 aliphatic carbocycles. The van der Waals surface area contributed by atoms with Gasteiger partial charge in [-0.3, -0.25) is 4.79 Å². The largest absolute Gasteiger partial charge is 0.392 e.